The molecule has 4 unspecified atom stereocenters. The summed E-state index contributed by atoms with van der Waals surface area (Å²) in [5.41, 5.74) is 0. The second-order valence-corrected chi connectivity index (χ2v) is 16.3. The number of phosphoric acid groups is 3. The van der Waals surface area contributed by atoms with E-state index < -0.39 is 91.3 Å². The highest BCUT2D eigenvalue weighted by Gasteiger charge is 2.56. The van der Waals surface area contributed by atoms with Crippen LogP contribution in [0.15, 0.2) is 0 Å². The van der Waals surface area contributed by atoms with Crippen molar-refractivity contribution in [1.82, 2.24) is 0 Å². The van der Waals surface area contributed by atoms with Gasteiger partial charge in [0.15, 0.2) is 6.10 Å². The fourth-order valence-electron chi connectivity index (χ4n) is 5.28. The van der Waals surface area contributed by atoms with E-state index >= 15 is 0 Å². The maximum absolute atomic E-state index is 12.9. The number of carbonyl (C=O) groups excluding carboxylic acids is 2. The number of aliphatic hydroxyl groups is 3. The van der Waals surface area contributed by atoms with Crippen molar-refractivity contribution >= 4 is 35.4 Å². The Hall–Kier alpha value is -2.61. The Morgan fingerprint density at radius 1 is 0.625 bits per heavy atom. The van der Waals surface area contributed by atoms with Crippen LogP contribution in [0, 0.1) is 47.9 Å². The number of carbonyl (C=O) groups is 2. The molecular weight excluding hydrogens is 805 g/mol. The van der Waals surface area contributed by atoms with E-state index in [1.165, 1.54) is 44.9 Å². The topological polar surface area (TPSA) is 303 Å². The van der Waals surface area contributed by atoms with E-state index in [9.17, 15) is 53.3 Å². The van der Waals surface area contributed by atoms with Crippen LogP contribution in [0.3, 0.4) is 0 Å². The van der Waals surface area contributed by atoms with Crippen molar-refractivity contribution in [2.24, 2.45) is 0 Å². The van der Waals surface area contributed by atoms with Crippen molar-refractivity contribution in [1.29, 1.82) is 0 Å². The fraction of sp³-hybridized carbons (Fsp3) is 0.706. The van der Waals surface area contributed by atoms with Gasteiger partial charge in [-0.05, 0) is 41.9 Å². The highest BCUT2D eigenvalue weighted by molar-refractivity contribution is 7.47. The van der Waals surface area contributed by atoms with Crippen LogP contribution in [-0.2, 0) is 50.9 Å². The second kappa shape index (κ2) is 27.1. The molecule has 0 aliphatic heterocycles. The molecule has 22 heteroatoms. The van der Waals surface area contributed by atoms with E-state index in [2.05, 4.69) is 45.6 Å². The molecule has 1 saturated carbocycles. The SMILES string of the molecule is C#CC#CC#CC#CC(=O)OC[C@H](COP(=O)(O)OC1C(O)[C@@H](O)C(OP(=O)(O)O)[C@@H](OP(=O)(O)O)[C@H]1O)OC(=O)CCCCCCCCCCCCCCC. The smallest absolute Gasteiger partial charge is 0.456 e. The zero-order valence-electron chi connectivity index (χ0n) is 30.8. The molecule has 1 fully saturated rings. The van der Waals surface area contributed by atoms with Crippen LogP contribution >= 0.6 is 23.5 Å². The zero-order valence-corrected chi connectivity index (χ0v) is 33.5. The minimum atomic E-state index is -5.62. The van der Waals surface area contributed by atoms with E-state index in [-0.39, 0.29) is 6.42 Å². The third kappa shape index (κ3) is 23.6. The van der Waals surface area contributed by atoms with Crippen LogP contribution in [0.1, 0.15) is 96.8 Å². The maximum Gasteiger partial charge on any atom is 0.472 e. The lowest BCUT2D eigenvalue weighted by molar-refractivity contribution is -0.213. The maximum atomic E-state index is 12.9. The normalized spacial score (nSPS) is 22.4. The number of hydrogen-bond donors (Lipinski definition) is 8. The van der Waals surface area contributed by atoms with Gasteiger partial charge in [0.25, 0.3) is 0 Å². The molecule has 0 aromatic carbocycles. The van der Waals surface area contributed by atoms with Crippen LogP contribution in [0.4, 0.5) is 0 Å². The summed E-state index contributed by atoms with van der Waals surface area (Å²) in [4.78, 5) is 71.9. The standard InChI is InChI=1S/C34H51O19P3/c1-3-5-7-9-11-12-13-14-15-16-17-19-21-23-28(36)50-26(24-48-27(35)22-20-18-10-8-6-4-2)25-49-56(46,47)53-32-29(37)30(38)33(51-54(40,41)42)34(31(32)39)52-55(43,44)45/h2,26,29-34,37-39H,3,5,7,9,11-17,19,21,23-25H2,1H3,(H,46,47)(H2,40,41,42)(H2,43,44,45)/t26-,29?,30-,31+,32?,33?,34+/m1/s1. The summed E-state index contributed by atoms with van der Waals surface area (Å²) in [6, 6.07) is 0. The molecule has 1 aliphatic carbocycles. The summed E-state index contributed by atoms with van der Waals surface area (Å²) < 4.78 is 64.2. The largest absolute Gasteiger partial charge is 0.472 e. The minimum Gasteiger partial charge on any atom is -0.456 e. The summed E-state index contributed by atoms with van der Waals surface area (Å²) in [5.74, 6) is 13.2. The Morgan fingerprint density at radius 2 is 1.09 bits per heavy atom. The zero-order chi connectivity index (χ0) is 42.2. The van der Waals surface area contributed by atoms with E-state index in [1.807, 2.05) is 11.8 Å². The Morgan fingerprint density at radius 3 is 1.61 bits per heavy atom. The monoisotopic (exact) mass is 856 g/mol. The van der Waals surface area contributed by atoms with E-state index in [4.69, 9.17) is 34.7 Å². The second-order valence-electron chi connectivity index (χ2n) is 12.5. The van der Waals surface area contributed by atoms with Gasteiger partial charge < -0.3 is 49.3 Å². The lowest BCUT2D eigenvalue weighted by atomic mass is 9.85. The highest BCUT2D eigenvalue weighted by Crippen LogP contribution is 2.51. The van der Waals surface area contributed by atoms with Gasteiger partial charge in [-0.15, -0.1) is 6.42 Å². The summed E-state index contributed by atoms with van der Waals surface area (Å²) in [7, 11) is -16.7. The molecule has 1 rings (SSSR count). The molecule has 8 atom stereocenters. The van der Waals surface area contributed by atoms with Crippen LogP contribution in [0.5, 0.6) is 0 Å². The number of ether oxygens (including phenoxy) is 2. The third-order valence-electron chi connectivity index (χ3n) is 7.89. The lowest BCUT2D eigenvalue weighted by Gasteiger charge is -2.44. The van der Waals surface area contributed by atoms with Gasteiger partial charge in [-0.1, -0.05) is 84.0 Å². The van der Waals surface area contributed by atoms with Crippen LogP contribution in [-0.4, -0.2) is 108 Å². The van der Waals surface area contributed by atoms with Gasteiger partial charge in [0.1, 0.15) is 43.2 Å². The number of phosphoric ester groups is 3. The van der Waals surface area contributed by atoms with E-state index in [1.54, 1.807) is 0 Å². The van der Waals surface area contributed by atoms with Gasteiger partial charge in [0.05, 0.1) is 6.61 Å². The number of unbranched alkanes of at least 4 members (excludes halogenated alkanes) is 12. The van der Waals surface area contributed by atoms with Crippen molar-refractivity contribution in [3.63, 3.8) is 0 Å². The summed E-state index contributed by atoms with van der Waals surface area (Å²) in [6.07, 6.45) is 2.10. The first-order valence-electron chi connectivity index (χ1n) is 17.8. The number of esters is 2. The molecule has 0 spiro atoms. The van der Waals surface area contributed by atoms with Crippen molar-refractivity contribution < 1.29 is 90.6 Å². The van der Waals surface area contributed by atoms with Crippen LogP contribution in [0.2, 0.25) is 0 Å². The van der Waals surface area contributed by atoms with Gasteiger partial charge in [0.2, 0.25) is 0 Å². The molecule has 0 heterocycles. The molecule has 0 aromatic rings. The van der Waals surface area contributed by atoms with Crippen LogP contribution < -0.4 is 0 Å². The van der Waals surface area contributed by atoms with E-state index in [0.29, 0.717) is 6.42 Å². The Bertz CT molecular complexity index is 1600. The number of rotatable bonds is 26. The average molecular weight is 857 g/mol. The van der Waals surface area contributed by atoms with Crippen molar-refractivity contribution in [3.05, 3.63) is 0 Å². The summed E-state index contributed by atoms with van der Waals surface area (Å²) in [5, 5.41) is 31.5. The lowest BCUT2D eigenvalue weighted by Crippen LogP contribution is -2.65. The van der Waals surface area contributed by atoms with Crippen molar-refractivity contribution in [2.45, 2.75) is 140 Å². The predicted octanol–water partition coefficient (Wildman–Crippen LogP) is 2.12. The molecule has 0 bridgehead atoms. The van der Waals surface area contributed by atoms with Gasteiger partial charge >= 0.3 is 35.4 Å². The molecule has 8 N–H and O–H groups in total. The fourth-order valence-corrected chi connectivity index (χ4v) is 7.38. The Balaban J connectivity index is 2.89. The molecule has 0 radical (unpaired) electrons. The van der Waals surface area contributed by atoms with Gasteiger partial charge in [-0.25, -0.2) is 18.5 Å². The van der Waals surface area contributed by atoms with Crippen LogP contribution in [0.25, 0.3) is 0 Å². The minimum absolute atomic E-state index is 0.0687. The molecule has 0 aromatic heterocycles. The Kier molecular flexibility index (Phi) is 24.9. The molecular formula is C34H51O19P3. The molecule has 0 saturated heterocycles. The van der Waals surface area contributed by atoms with Gasteiger partial charge in [-0.2, -0.15) is 0 Å². The van der Waals surface area contributed by atoms with E-state index in [0.717, 1.165) is 32.1 Å². The molecule has 56 heavy (non-hydrogen) atoms. The number of hydrogen-bond acceptors (Lipinski definition) is 14. The van der Waals surface area contributed by atoms with Crippen molar-refractivity contribution in [2.75, 3.05) is 13.2 Å². The summed E-state index contributed by atoms with van der Waals surface area (Å²) >= 11 is 0. The molecule has 316 valence electrons. The summed E-state index contributed by atoms with van der Waals surface area (Å²) in [6.45, 7) is 0.396. The molecule has 1 aliphatic rings. The molecule has 19 nitrogen and oxygen atoms in total. The average Bonchev–Trinajstić information content (AvgIpc) is 3.11. The Labute approximate surface area is 326 Å². The predicted molar refractivity (Wildman–Crippen MR) is 196 cm³/mol. The first-order chi connectivity index (χ1) is 26.3. The molecule has 0 amide bonds. The highest BCUT2D eigenvalue weighted by atomic mass is 31.2. The van der Waals surface area contributed by atoms with Gasteiger partial charge in [0, 0.05) is 12.3 Å². The van der Waals surface area contributed by atoms with Gasteiger partial charge in [-0.3, -0.25) is 22.9 Å². The quantitative estimate of drug-likeness (QED) is 0.0203. The number of terminal acetylenes is 1. The van der Waals surface area contributed by atoms with Crippen molar-refractivity contribution in [3.8, 4) is 47.9 Å². The first-order valence-corrected chi connectivity index (χ1v) is 22.4. The number of aliphatic hydroxyl groups excluding tert-OH is 3. The third-order valence-corrected chi connectivity index (χ3v) is 9.91. The first kappa shape index (κ1) is 51.4.